The van der Waals surface area contributed by atoms with E-state index >= 15 is 0 Å². The zero-order valence-electron chi connectivity index (χ0n) is 11.2. The molecule has 1 saturated carbocycles. The molecule has 0 saturated heterocycles. The van der Waals surface area contributed by atoms with Gasteiger partial charge in [0.25, 0.3) is 0 Å². The van der Waals surface area contributed by atoms with Crippen molar-refractivity contribution in [3.8, 4) is 0 Å². The fraction of sp³-hybridized carbons (Fsp3) is 0.600. The van der Waals surface area contributed by atoms with E-state index in [2.05, 4.69) is 0 Å². The van der Waals surface area contributed by atoms with Gasteiger partial charge in [-0.15, -0.1) is 0 Å². The molecule has 4 heteroatoms. The van der Waals surface area contributed by atoms with Crippen LogP contribution in [0.1, 0.15) is 44.3 Å². The van der Waals surface area contributed by atoms with Crippen LogP contribution in [0.4, 0.5) is 0 Å². The molecule has 1 aromatic rings. The van der Waals surface area contributed by atoms with Gasteiger partial charge in [0, 0.05) is 30.4 Å². The average Bonchev–Trinajstić information content (AvgIpc) is 2.83. The Morgan fingerprint density at radius 1 is 1.32 bits per heavy atom. The molecule has 2 atom stereocenters. The van der Waals surface area contributed by atoms with Gasteiger partial charge in [-0.25, -0.2) is 0 Å². The van der Waals surface area contributed by atoms with Gasteiger partial charge >= 0.3 is 0 Å². The number of halogens is 1. The molecule has 19 heavy (non-hydrogen) atoms. The monoisotopic (exact) mass is 284 g/mol. The van der Waals surface area contributed by atoms with Crippen LogP contribution in [0.25, 0.3) is 0 Å². The number of hydrogen-bond acceptors (Lipinski definition) is 3. The van der Waals surface area contributed by atoms with Crippen molar-refractivity contribution < 1.29 is 14.9 Å². The number of ether oxygens (including phenoxy) is 1. The van der Waals surface area contributed by atoms with Crippen molar-refractivity contribution in [3.63, 3.8) is 0 Å². The molecule has 1 aromatic carbocycles. The Hall–Kier alpha value is -0.610. The fourth-order valence-electron chi connectivity index (χ4n) is 2.57. The van der Waals surface area contributed by atoms with Crippen molar-refractivity contribution in [1.29, 1.82) is 0 Å². The second kappa shape index (κ2) is 6.23. The van der Waals surface area contributed by atoms with Crippen LogP contribution >= 0.6 is 11.6 Å². The molecular weight excluding hydrogens is 264 g/mol. The summed E-state index contributed by atoms with van der Waals surface area (Å²) in [5, 5.41) is 20.4. The lowest BCUT2D eigenvalue weighted by atomic mass is 9.97. The molecule has 0 aliphatic heterocycles. The van der Waals surface area contributed by atoms with E-state index in [-0.39, 0.29) is 18.6 Å². The highest BCUT2D eigenvalue weighted by molar-refractivity contribution is 6.31. The Balaban J connectivity index is 2.24. The number of benzene rings is 1. The molecule has 0 radical (unpaired) electrons. The van der Waals surface area contributed by atoms with E-state index in [0.717, 1.165) is 18.4 Å². The standard InChI is InChI=1S/C15H21ClO3/c1-11(10-17)14(12-6-2-3-7-13(12)16)19-15(18)8-4-5-9-15/h2-3,6-7,11,14,17-18H,4-5,8-10H2,1H3. The summed E-state index contributed by atoms with van der Waals surface area (Å²) in [6.45, 7) is 1.89. The maximum atomic E-state index is 10.4. The van der Waals surface area contributed by atoms with E-state index in [0.29, 0.717) is 17.9 Å². The van der Waals surface area contributed by atoms with E-state index in [1.54, 1.807) is 6.07 Å². The van der Waals surface area contributed by atoms with E-state index < -0.39 is 5.79 Å². The minimum Gasteiger partial charge on any atom is -0.396 e. The largest absolute Gasteiger partial charge is 0.396 e. The summed E-state index contributed by atoms with van der Waals surface area (Å²) in [7, 11) is 0. The highest BCUT2D eigenvalue weighted by Gasteiger charge is 2.37. The van der Waals surface area contributed by atoms with Gasteiger partial charge in [-0.3, -0.25) is 0 Å². The first kappa shape index (κ1) is 14.8. The van der Waals surface area contributed by atoms with Crippen LogP contribution in [0.2, 0.25) is 5.02 Å². The summed E-state index contributed by atoms with van der Waals surface area (Å²) >= 11 is 6.21. The first-order valence-corrected chi connectivity index (χ1v) is 7.19. The topological polar surface area (TPSA) is 49.7 Å². The predicted molar refractivity (Wildman–Crippen MR) is 74.9 cm³/mol. The van der Waals surface area contributed by atoms with Gasteiger partial charge in [-0.05, 0) is 24.5 Å². The van der Waals surface area contributed by atoms with E-state index in [9.17, 15) is 10.2 Å². The summed E-state index contributed by atoms with van der Waals surface area (Å²) in [4.78, 5) is 0. The number of aliphatic hydroxyl groups is 2. The molecule has 1 aliphatic carbocycles. The summed E-state index contributed by atoms with van der Waals surface area (Å²) in [5.74, 6) is -1.20. The van der Waals surface area contributed by atoms with Crippen molar-refractivity contribution in [2.45, 2.75) is 44.5 Å². The quantitative estimate of drug-likeness (QED) is 0.816. The normalized spacial score (nSPS) is 21.3. The second-order valence-electron chi connectivity index (χ2n) is 5.37. The molecule has 1 fully saturated rings. The average molecular weight is 285 g/mol. The number of rotatable bonds is 5. The summed E-state index contributed by atoms with van der Waals surface area (Å²) in [6.07, 6.45) is 2.85. The predicted octanol–water partition coefficient (Wildman–Crippen LogP) is 3.29. The van der Waals surface area contributed by atoms with Crippen LogP contribution in [0.3, 0.4) is 0 Å². The minimum atomic E-state index is -1.08. The highest BCUT2D eigenvalue weighted by Crippen LogP contribution is 2.39. The van der Waals surface area contributed by atoms with E-state index in [4.69, 9.17) is 16.3 Å². The molecule has 3 nitrogen and oxygen atoms in total. The Bertz CT molecular complexity index is 416. The van der Waals surface area contributed by atoms with Gasteiger partial charge in [-0.2, -0.15) is 0 Å². The zero-order valence-corrected chi connectivity index (χ0v) is 11.9. The molecule has 1 aliphatic rings. The van der Waals surface area contributed by atoms with Gasteiger partial charge in [-0.1, -0.05) is 36.7 Å². The van der Waals surface area contributed by atoms with E-state index in [1.165, 1.54) is 0 Å². The molecular formula is C15H21ClO3. The molecule has 0 spiro atoms. The van der Waals surface area contributed by atoms with E-state index in [1.807, 2.05) is 25.1 Å². The van der Waals surface area contributed by atoms with Crippen molar-refractivity contribution in [3.05, 3.63) is 34.9 Å². The maximum Gasteiger partial charge on any atom is 0.166 e. The lowest BCUT2D eigenvalue weighted by Gasteiger charge is -2.32. The molecule has 2 rings (SSSR count). The zero-order chi connectivity index (χ0) is 13.9. The smallest absolute Gasteiger partial charge is 0.166 e. The van der Waals surface area contributed by atoms with Gasteiger partial charge in [0.2, 0.25) is 0 Å². The summed E-state index contributed by atoms with van der Waals surface area (Å²) in [6, 6.07) is 7.44. The minimum absolute atomic E-state index is 0.00797. The lowest BCUT2D eigenvalue weighted by Crippen LogP contribution is -2.33. The third kappa shape index (κ3) is 3.48. The number of hydrogen-bond donors (Lipinski definition) is 2. The fourth-order valence-corrected chi connectivity index (χ4v) is 2.81. The Kier molecular flexibility index (Phi) is 4.85. The third-order valence-corrected chi connectivity index (χ3v) is 4.09. The Labute approximate surface area is 119 Å². The van der Waals surface area contributed by atoms with Gasteiger partial charge in [0.05, 0.1) is 6.10 Å². The first-order valence-electron chi connectivity index (χ1n) is 6.81. The Morgan fingerprint density at radius 2 is 1.95 bits per heavy atom. The van der Waals surface area contributed by atoms with Crippen molar-refractivity contribution in [2.75, 3.05) is 6.61 Å². The van der Waals surface area contributed by atoms with Crippen molar-refractivity contribution in [2.24, 2.45) is 5.92 Å². The van der Waals surface area contributed by atoms with Gasteiger partial charge in [0.15, 0.2) is 5.79 Å². The molecule has 2 unspecified atom stereocenters. The molecule has 0 amide bonds. The maximum absolute atomic E-state index is 10.4. The van der Waals surface area contributed by atoms with Crippen LogP contribution < -0.4 is 0 Å². The highest BCUT2D eigenvalue weighted by atomic mass is 35.5. The van der Waals surface area contributed by atoms with Crippen LogP contribution in [-0.2, 0) is 4.74 Å². The van der Waals surface area contributed by atoms with Crippen LogP contribution in [-0.4, -0.2) is 22.6 Å². The molecule has 0 bridgehead atoms. The van der Waals surface area contributed by atoms with Crippen LogP contribution in [0.15, 0.2) is 24.3 Å². The molecule has 106 valence electrons. The van der Waals surface area contributed by atoms with Crippen molar-refractivity contribution in [1.82, 2.24) is 0 Å². The first-order chi connectivity index (χ1) is 9.06. The third-order valence-electron chi connectivity index (χ3n) is 3.75. The number of aliphatic hydroxyl groups excluding tert-OH is 1. The van der Waals surface area contributed by atoms with Crippen molar-refractivity contribution >= 4 is 11.6 Å². The van der Waals surface area contributed by atoms with Gasteiger partial charge in [0.1, 0.15) is 0 Å². The Morgan fingerprint density at radius 3 is 2.53 bits per heavy atom. The lowest BCUT2D eigenvalue weighted by molar-refractivity contribution is -0.238. The summed E-state index contributed by atoms with van der Waals surface area (Å²) in [5.41, 5.74) is 0.825. The molecule has 0 aromatic heterocycles. The SMILES string of the molecule is CC(CO)C(OC1(O)CCCC1)c1ccccc1Cl. The van der Waals surface area contributed by atoms with Crippen LogP contribution in [0.5, 0.6) is 0 Å². The summed E-state index contributed by atoms with van der Waals surface area (Å²) < 4.78 is 5.93. The van der Waals surface area contributed by atoms with Crippen LogP contribution in [0, 0.1) is 5.92 Å². The van der Waals surface area contributed by atoms with Gasteiger partial charge < -0.3 is 14.9 Å². The molecule has 0 heterocycles. The second-order valence-corrected chi connectivity index (χ2v) is 5.78. The molecule has 2 N–H and O–H groups in total.